The van der Waals surface area contributed by atoms with Gasteiger partial charge in [-0.2, -0.15) is 0 Å². The second kappa shape index (κ2) is 24.4. The molecule has 0 aliphatic carbocycles. The number of carbonyl (C=O) groups excluding carboxylic acids is 4. The highest BCUT2D eigenvalue weighted by molar-refractivity contribution is 8.00. The van der Waals surface area contributed by atoms with Crippen molar-refractivity contribution in [3.8, 4) is 0 Å². The van der Waals surface area contributed by atoms with Crippen molar-refractivity contribution in [1.82, 2.24) is 5.32 Å². The average Bonchev–Trinajstić information content (AvgIpc) is 3.19. The smallest absolute Gasteiger partial charge is 0.463 e. The number of phosphoric acid groups is 1. The van der Waals surface area contributed by atoms with Gasteiger partial charge in [-0.15, -0.1) is 23.5 Å². The van der Waals surface area contributed by atoms with Crippen LogP contribution in [0.15, 0.2) is 82.6 Å². The summed E-state index contributed by atoms with van der Waals surface area (Å²) in [5, 5.41) is 2.81. The number of Topliss-reactive ketones (excluding diaryl/α,β-unsaturated/α-hetero) is 1. The lowest BCUT2D eigenvalue weighted by molar-refractivity contribution is -0.870. The Hall–Kier alpha value is -3.53. The lowest BCUT2D eigenvalue weighted by atomic mass is 9.75. The highest BCUT2D eigenvalue weighted by atomic mass is 32.2. The van der Waals surface area contributed by atoms with E-state index in [9.17, 15) is 28.6 Å². The summed E-state index contributed by atoms with van der Waals surface area (Å²) in [7, 11) is 1.46. The van der Waals surface area contributed by atoms with Crippen LogP contribution in [0.1, 0.15) is 66.0 Å². The summed E-state index contributed by atoms with van der Waals surface area (Å²) in [6, 6.07) is 23.3. The maximum Gasteiger partial charge on any atom is 0.472 e. The molecule has 3 aromatic carbocycles. The van der Waals surface area contributed by atoms with Gasteiger partial charge < -0.3 is 28.9 Å². The van der Waals surface area contributed by atoms with Crippen LogP contribution in [0.25, 0.3) is 0 Å². The average molecular weight is 904 g/mol. The number of hydrogen-bond donors (Lipinski definition) is 2. The Kier molecular flexibility index (Phi) is 20.7. The van der Waals surface area contributed by atoms with E-state index >= 15 is 0 Å². The minimum Gasteiger partial charge on any atom is -0.463 e. The number of nitrogens with zero attached hydrogens (tertiary/aromatic N) is 1. The fourth-order valence-corrected chi connectivity index (χ4v) is 8.74. The lowest BCUT2D eigenvalue weighted by Crippen LogP contribution is -2.38. The number of phosphoric ester groups is 1. The molecule has 3 rings (SSSR count). The molecule has 0 heterocycles. The first-order valence-electron chi connectivity index (χ1n) is 20.2. The third-order valence-electron chi connectivity index (χ3n) is 9.32. The van der Waals surface area contributed by atoms with Gasteiger partial charge in [0.05, 0.1) is 51.8 Å². The molecule has 0 saturated heterocycles. The van der Waals surface area contributed by atoms with E-state index in [1.807, 2.05) is 35.0 Å². The van der Waals surface area contributed by atoms with Crippen molar-refractivity contribution in [3.05, 3.63) is 95.1 Å². The Bertz CT molecular complexity index is 1870. The number of aryl methyl sites for hydroxylation is 2. The van der Waals surface area contributed by atoms with Crippen LogP contribution in [0.3, 0.4) is 0 Å². The molecule has 0 spiro atoms. The van der Waals surface area contributed by atoms with Gasteiger partial charge in [0.15, 0.2) is 5.78 Å². The summed E-state index contributed by atoms with van der Waals surface area (Å²) >= 11 is 3.33. The Labute approximate surface area is 370 Å². The van der Waals surface area contributed by atoms with E-state index in [1.165, 1.54) is 11.1 Å². The molecule has 1 amide bonds. The standard InChI is InChI=1S/C45H63N2O11PS2/c1-33-10-18-38(19-11-33)60-30-37(31-61-39-20-12-34(2)13-21-39)40(48)35-14-16-36(17-15-35)41(49)46-22-24-54-26-27-55-42(50)44(3,4)32-45(5,6)43(51)56-28-29-58-59(52,53)57-25-23-47(7,8)9/h10-21,37H,22-32H2,1-9H3,(H-,46,49,52,53)/p+1. The molecule has 61 heavy (non-hydrogen) atoms. The van der Waals surface area contributed by atoms with Gasteiger partial charge >= 0.3 is 19.8 Å². The Morgan fingerprint density at radius 2 is 1.13 bits per heavy atom. The van der Waals surface area contributed by atoms with Gasteiger partial charge in [0.25, 0.3) is 5.91 Å². The van der Waals surface area contributed by atoms with Crippen LogP contribution in [0.4, 0.5) is 0 Å². The van der Waals surface area contributed by atoms with Gasteiger partial charge in [0.1, 0.15) is 26.4 Å². The third-order valence-corrected chi connectivity index (χ3v) is 12.7. The third kappa shape index (κ3) is 19.6. The molecular formula is C45H64N2O11PS2+. The van der Waals surface area contributed by atoms with Crippen LogP contribution < -0.4 is 5.32 Å². The van der Waals surface area contributed by atoms with Crippen molar-refractivity contribution < 1.29 is 56.4 Å². The molecule has 336 valence electrons. The largest absolute Gasteiger partial charge is 0.472 e. The van der Waals surface area contributed by atoms with E-state index in [0.717, 1.165) is 9.79 Å². The molecule has 0 saturated carbocycles. The van der Waals surface area contributed by atoms with Gasteiger partial charge in [0, 0.05) is 44.9 Å². The molecule has 1 atom stereocenters. The maximum absolute atomic E-state index is 13.8. The molecule has 2 N–H and O–H groups in total. The van der Waals surface area contributed by atoms with Crippen LogP contribution >= 0.6 is 31.3 Å². The summed E-state index contributed by atoms with van der Waals surface area (Å²) in [5.41, 5.74) is 1.21. The number of ketones is 1. The number of carbonyl (C=O) groups is 4. The lowest BCUT2D eigenvalue weighted by Gasteiger charge is -2.31. The number of amides is 1. The zero-order chi connectivity index (χ0) is 45.3. The fourth-order valence-electron chi connectivity index (χ4n) is 5.91. The second-order valence-electron chi connectivity index (χ2n) is 17.1. The summed E-state index contributed by atoms with van der Waals surface area (Å²) in [6.45, 7) is 11.1. The number of likely N-dealkylation sites (N-methyl/N-ethyl adjacent to an activating group) is 1. The van der Waals surface area contributed by atoms with Crippen molar-refractivity contribution in [2.45, 2.75) is 57.8 Å². The van der Waals surface area contributed by atoms with Crippen molar-refractivity contribution in [2.24, 2.45) is 16.7 Å². The molecule has 1 unspecified atom stereocenters. The van der Waals surface area contributed by atoms with E-state index in [-0.39, 0.29) is 70.2 Å². The monoisotopic (exact) mass is 903 g/mol. The number of benzene rings is 3. The number of hydrogen-bond acceptors (Lipinski definition) is 12. The quantitative estimate of drug-likeness (QED) is 0.0190. The van der Waals surface area contributed by atoms with E-state index in [0.29, 0.717) is 33.7 Å². The van der Waals surface area contributed by atoms with Gasteiger partial charge in [-0.1, -0.05) is 47.5 Å². The maximum atomic E-state index is 13.8. The minimum absolute atomic E-state index is 0.0217. The molecule has 0 aliphatic rings. The molecule has 3 aromatic rings. The molecular weight excluding hydrogens is 840 g/mol. The SMILES string of the molecule is Cc1ccc(SCC(CSc2ccc(C)cc2)C(=O)c2ccc(C(=O)NCCOCCOC(=O)C(C)(C)CC(C)(C)C(=O)OCCOP(=O)(O)OCC[N+](C)(C)C)cc2)cc1. The number of thioether (sulfide) groups is 2. The molecule has 13 nitrogen and oxygen atoms in total. The van der Waals surface area contributed by atoms with Crippen molar-refractivity contribution >= 4 is 55.0 Å². The highest BCUT2D eigenvalue weighted by Crippen LogP contribution is 2.43. The summed E-state index contributed by atoms with van der Waals surface area (Å²) in [4.78, 5) is 64.4. The summed E-state index contributed by atoms with van der Waals surface area (Å²) in [5.74, 6) is -0.395. The van der Waals surface area contributed by atoms with Gasteiger partial charge in [-0.05, 0) is 84.4 Å². The first-order chi connectivity index (χ1) is 28.6. The van der Waals surface area contributed by atoms with Gasteiger partial charge in [-0.3, -0.25) is 28.2 Å². The second-order valence-corrected chi connectivity index (χ2v) is 20.8. The number of ether oxygens (including phenoxy) is 3. The minimum atomic E-state index is -4.29. The molecule has 0 fully saturated rings. The predicted molar refractivity (Wildman–Crippen MR) is 240 cm³/mol. The topological polar surface area (TPSA) is 164 Å². The summed E-state index contributed by atoms with van der Waals surface area (Å²) < 4.78 is 38.7. The number of esters is 2. The number of rotatable bonds is 27. The normalized spacial score (nSPS) is 13.1. The van der Waals surface area contributed by atoms with E-state index < -0.39 is 30.6 Å². The van der Waals surface area contributed by atoms with E-state index in [1.54, 1.807) is 75.5 Å². The zero-order valence-electron chi connectivity index (χ0n) is 37.0. The molecule has 0 bridgehead atoms. The van der Waals surface area contributed by atoms with Crippen molar-refractivity contribution in [3.63, 3.8) is 0 Å². The predicted octanol–water partition coefficient (Wildman–Crippen LogP) is 7.80. The first-order valence-corrected chi connectivity index (χ1v) is 23.7. The first kappa shape index (κ1) is 51.8. The fraction of sp³-hybridized carbons (Fsp3) is 0.511. The van der Waals surface area contributed by atoms with E-state index in [4.69, 9.17) is 23.3 Å². The summed E-state index contributed by atoms with van der Waals surface area (Å²) in [6.07, 6.45) is 0.105. The van der Waals surface area contributed by atoms with Gasteiger partial charge in [-0.25, -0.2) is 4.57 Å². The van der Waals surface area contributed by atoms with Crippen LogP contribution in [-0.2, 0) is 37.4 Å². The van der Waals surface area contributed by atoms with Crippen molar-refractivity contribution in [1.29, 1.82) is 0 Å². The number of nitrogens with one attached hydrogen (secondary N) is 1. The van der Waals surface area contributed by atoms with E-state index in [2.05, 4.69) is 53.8 Å². The zero-order valence-corrected chi connectivity index (χ0v) is 39.6. The van der Waals surface area contributed by atoms with Crippen molar-refractivity contribution in [2.75, 3.05) is 85.4 Å². The number of quaternary nitrogens is 1. The molecule has 0 aliphatic heterocycles. The van der Waals surface area contributed by atoms with Crippen LogP contribution in [0.2, 0.25) is 0 Å². The molecule has 0 aromatic heterocycles. The van der Waals surface area contributed by atoms with Crippen LogP contribution in [0.5, 0.6) is 0 Å². The molecule has 16 heteroatoms. The Balaban J connectivity index is 1.37. The van der Waals surface area contributed by atoms with Gasteiger partial charge in [0.2, 0.25) is 0 Å². The highest BCUT2D eigenvalue weighted by Gasteiger charge is 2.41. The van der Waals surface area contributed by atoms with Crippen LogP contribution in [0, 0.1) is 30.6 Å². The Morgan fingerprint density at radius 3 is 1.62 bits per heavy atom. The molecule has 0 radical (unpaired) electrons. The van der Waals surface area contributed by atoms with Crippen LogP contribution in [-0.4, -0.2) is 118 Å². The Morgan fingerprint density at radius 1 is 0.672 bits per heavy atom.